The summed E-state index contributed by atoms with van der Waals surface area (Å²) in [6.45, 7) is 0. The maximum Gasteiger partial charge on any atom is 0.0625 e. The van der Waals surface area contributed by atoms with Crippen LogP contribution in [0.25, 0.3) is 87.2 Å². The van der Waals surface area contributed by atoms with Crippen LogP contribution >= 0.6 is 0 Å². The van der Waals surface area contributed by atoms with E-state index in [4.69, 9.17) is 0 Å². The van der Waals surface area contributed by atoms with Crippen molar-refractivity contribution in [3.63, 3.8) is 0 Å². The summed E-state index contributed by atoms with van der Waals surface area (Å²) in [5.41, 5.74) is 10.6. The van der Waals surface area contributed by atoms with Crippen molar-refractivity contribution in [1.82, 2.24) is 0 Å². The Morgan fingerprint density at radius 2 is 0.702 bits per heavy atom. The van der Waals surface area contributed by atoms with E-state index < -0.39 is 0 Å². The topological polar surface area (TPSA) is 3.24 Å². The van der Waals surface area contributed by atoms with Gasteiger partial charge in [-0.25, -0.2) is 0 Å². The number of rotatable bonds is 6. The molecule has 0 aliphatic rings. The Morgan fingerprint density at radius 1 is 0.246 bits per heavy atom. The lowest BCUT2D eigenvalue weighted by Gasteiger charge is -2.31. The first-order valence-electron chi connectivity index (χ1n) is 19.7. The van der Waals surface area contributed by atoms with Crippen molar-refractivity contribution < 1.29 is 0 Å². The fourth-order valence-corrected chi connectivity index (χ4v) is 8.99. The number of fused-ring (bicyclic) bond motifs is 7. The third-order valence-corrected chi connectivity index (χ3v) is 11.6. The predicted molar refractivity (Wildman–Crippen MR) is 245 cm³/mol. The first kappa shape index (κ1) is 32.9. The Bertz CT molecular complexity index is 3270. The van der Waals surface area contributed by atoms with Crippen LogP contribution < -0.4 is 4.90 Å². The van der Waals surface area contributed by atoms with Crippen LogP contribution in [0, 0.1) is 0 Å². The fraction of sp³-hybridized carbons (Fsp3) is 0. The third kappa shape index (κ3) is 5.55. The molecule has 0 aromatic heterocycles. The molecular weight excluding hydrogens is 687 g/mol. The predicted octanol–water partition coefficient (Wildman–Crippen LogP) is 15.9. The highest BCUT2D eigenvalue weighted by atomic mass is 15.1. The van der Waals surface area contributed by atoms with Crippen molar-refractivity contribution in [2.45, 2.75) is 0 Å². The lowest BCUT2D eigenvalue weighted by Crippen LogP contribution is -2.12. The van der Waals surface area contributed by atoms with Gasteiger partial charge in [-0.2, -0.15) is 0 Å². The van der Waals surface area contributed by atoms with Gasteiger partial charge in [-0.15, -0.1) is 0 Å². The highest BCUT2D eigenvalue weighted by molar-refractivity contribution is 6.24. The van der Waals surface area contributed by atoms with Crippen LogP contribution in [0.1, 0.15) is 0 Å². The van der Waals surface area contributed by atoms with E-state index in [-0.39, 0.29) is 0 Å². The van der Waals surface area contributed by atoms with Gasteiger partial charge in [0.15, 0.2) is 0 Å². The monoisotopic (exact) mass is 723 g/mol. The number of benzene rings is 11. The van der Waals surface area contributed by atoms with Crippen LogP contribution in [0.4, 0.5) is 17.1 Å². The van der Waals surface area contributed by atoms with Crippen molar-refractivity contribution in [3.05, 3.63) is 224 Å². The summed E-state index contributed by atoms with van der Waals surface area (Å²) in [7, 11) is 0. The van der Waals surface area contributed by atoms with Gasteiger partial charge in [0.1, 0.15) is 0 Å². The zero-order valence-electron chi connectivity index (χ0n) is 31.3. The van der Waals surface area contributed by atoms with Crippen LogP contribution in [0.5, 0.6) is 0 Å². The van der Waals surface area contributed by atoms with Crippen molar-refractivity contribution in [2.24, 2.45) is 0 Å². The summed E-state index contributed by atoms with van der Waals surface area (Å²) < 4.78 is 0. The molecule has 11 rings (SSSR count). The van der Waals surface area contributed by atoms with Gasteiger partial charge in [-0.1, -0.05) is 194 Å². The molecule has 0 atom stereocenters. The maximum atomic E-state index is 2.49. The van der Waals surface area contributed by atoms with Gasteiger partial charge >= 0.3 is 0 Å². The molecule has 0 amide bonds. The Morgan fingerprint density at radius 3 is 1.39 bits per heavy atom. The molecule has 0 radical (unpaired) electrons. The smallest absolute Gasteiger partial charge is 0.0625 e. The molecule has 0 spiro atoms. The molecule has 0 saturated carbocycles. The minimum Gasteiger partial charge on any atom is -0.309 e. The highest BCUT2D eigenvalue weighted by Gasteiger charge is 2.24. The van der Waals surface area contributed by atoms with E-state index in [1.54, 1.807) is 0 Å². The van der Waals surface area contributed by atoms with Gasteiger partial charge in [-0.3, -0.25) is 0 Å². The van der Waals surface area contributed by atoms with Crippen LogP contribution in [-0.4, -0.2) is 0 Å². The number of hydrogen-bond acceptors (Lipinski definition) is 1. The normalized spacial score (nSPS) is 11.5. The van der Waals surface area contributed by atoms with Crippen LogP contribution in [-0.2, 0) is 0 Å². The van der Waals surface area contributed by atoms with E-state index in [0.29, 0.717) is 0 Å². The molecule has 0 aliphatic heterocycles. The summed E-state index contributed by atoms with van der Waals surface area (Å²) in [4.78, 5) is 2.49. The molecule has 11 aromatic carbocycles. The molecule has 0 heterocycles. The lowest BCUT2D eigenvalue weighted by atomic mass is 9.88. The quantitative estimate of drug-likeness (QED) is 0.154. The number of hydrogen-bond donors (Lipinski definition) is 0. The minimum absolute atomic E-state index is 1.10. The van der Waals surface area contributed by atoms with Gasteiger partial charge < -0.3 is 4.90 Å². The van der Waals surface area contributed by atoms with E-state index in [9.17, 15) is 0 Å². The first-order valence-corrected chi connectivity index (χ1v) is 19.7. The van der Waals surface area contributed by atoms with Gasteiger partial charge in [0.25, 0.3) is 0 Å². The highest BCUT2D eigenvalue weighted by Crippen LogP contribution is 2.51. The van der Waals surface area contributed by atoms with Gasteiger partial charge in [0, 0.05) is 22.3 Å². The summed E-state index contributed by atoms with van der Waals surface area (Å²) in [5, 5.41) is 12.4. The SMILES string of the molecule is c1ccc(-c2ccc(N(c3ccc(-c4cc5ccccc5c5ccccc45)cc3)c3c(-c4cccc5ccccc45)c4ccccc4c4ccccc34)cc2)cc1. The first-order chi connectivity index (χ1) is 28.3. The van der Waals surface area contributed by atoms with E-state index >= 15 is 0 Å². The van der Waals surface area contributed by atoms with Gasteiger partial charge in [-0.05, 0) is 107 Å². The van der Waals surface area contributed by atoms with Crippen molar-refractivity contribution in [1.29, 1.82) is 0 Å². The maximum absolute atomic E-state index is 2.49. The molecule has 0 saturated heterocycles. The molecule has 11 aromatic rings. The minimum atomic E-state index is 1.10. The molecule has 0 aliphatic carbocycles. The summed E-state index contributed by atoms with van der Waals surface area (Å²) >= 11 is 0. The summed E-state index contributed by atoms with van der Waals surface area (Å²) in [5.74, 6) is 0. The Hall–Kier alpha value is -7.48. The second kappa shape index (κ2) is 13.7. The lowest BCUT2D eigenvalue weighted by molar-refractivity contribution is 1.30. The van der Waals surface area contributed by atoms with Crippen molar-refractivity contribution in [3.8, 4) is 33.4 Å². The third-order valence-electron chi connectivity index (χ3n) is 11.6. The molecular formula is C56H37N. The van der Waals surface area contributed by atoms with Gasteiger partial charge in [0.2, 0.25) is 0 Å². The van der Waals surface area contributed by atoms with Crippen LogP contribution in [0.15, 0.2) is 224 Å². The van der Waals surface area contributed by atoms with E-state index in [2.05, 4.69) is 229 Å². The van der Waals surface area contributed by atoms with Crippen molar-refractivity contribution in [2.75, 3.05) is 4.90 Å². The molecule has 0 bridgehead atoms. The zero-order valence-corrected chi connectivity index (χ0v) is 31.3. The number of nitrogens with zero attached hydrogens (tertiary/aromatic N) is 1. The Balaban J connectivity index is 1.20. The molecule has 57 heavy (non-hydrogen) atoms. The van der Waals surface area contributed by atoms with E-state index in [1.807, 2.05) is 0 Å². The van der Waals surface area contributed by atoms with E-state index in [0.717, 1.165) is 17.1 Å². The Kier molecular flexibility index (Phi) is 7.89. The summed E-state index contributed by atoms with van der Waals surface area (Å²) in [6, 6.07) is 82.1. The molecule has 0 unspecified atom stereocenters. The van der Waals surface area contributed by atoms with Gasteiger partial charge in [0.05, 0.1) is 5.69 Å². The van der Waals surface area contributed by atoms with Crippen molar-refractivity contribution >= 4 is 70.9 Å². The fourth-order valence-electron chi connectivity index (χ4n) is 8.99. The molecule has 1 nitrogen and oxygen atoms in total. The van der Waals surface area contributed by atoms with Crippen LogP contribution in [0.2, 0.25) is 0 Å². The van der Waals surface area contributed by atoms with E-state index in [1.165, 1.54) is 87.2 Å². The standard InChI is InChI=1S/C56H37N/c1-2-15-38(16-3-1)39-29-33-43(34-30-39)57(44-35-31-41(32-36-44)54-37-42-18-5-7-21-46(42)47-22-8-9-25-50(47)54)56-53-27-13-11-24-49(53)48-23-10-12-26-52(48)55(56)51-28-14-19-40-17-4-6-20-45(40)51/h1-37H. The molecule has 0 fully saturated rings. The summed E-state index contributed by atoms with van der Waals surface area (Å²) in [6.07, 6.45) is 0. The largest absolute Gasteiger partial charge is 0.309 e. The average molecular weight is 724 g/mol. The second-order valence-corrected chi connectivity index (χ2v) is 14.8. The molecule has 1 heteroatoms. The second-order valence-electron chi connectivity index (χ2n) is 14.8. The Labute approximate surface area is 332 Å². The molecule has 266 valence electrons. The molecule has 0 N–H and O–H groups in total. The van der Waals surface area contributed by atoms with Crippen LogP contribution in [0.3, 0.4) is 0 Å². The average Bonchev–Trinajstić information content (AvgIpc) is 3.29. The zero-order chi connectivity index (χ0) is 37.7. The number of anilines is 3.